The topological polar surface area (TPSA) is 46.2 Å². The van der Waals surface area contributed by atoms with E-state index in [1.54, 1.807) is 0 Å². The lowest BCUT2D eigenvalue weighted by Crippen LogP contribution is -2.42. The van der Waals surface area contributed by atoms with Crippen molar-refractivity contribution >= 4 is 9.84 Å². The second-order valence-electron chi connectivity index (χ2n) is 5.98. The minimum Gasteiger partial charge on any atom is -0.310 e. The maximum atomic E-state index is 12.8. The minimum absolute atomic E-state index is 0.0829. The van der Waals surface area contributed by atoms with Crippen molar-refractivity contribution in [2.24, 2.45) is 5.92 Å². The summed E-state index contributed by atoms with van der Waals surface area (Å²) in [7, 11) is -3.22. The molecule has 0 radical (unpaired) electrons. The Bertz CT molecular complexity index is 607. The minimum atomic E-state index is -3.22. The first-order valence-corrected chi connectivity index (χ1v) is 8.94. The smallest absolute Gasteiger partial charge is 0.181 e. The molecule has 1 aliphatic rings. The first-order chi connectivity index (χ1) is 9.32. The normalized spacial score (nSPS) is 28.1. The van der Waals surface area contributed by atoms with Crippen LogP contribution >= 0.6 is 0 Å². The monoisotopic (exact) mass is 295 g/mol. The van der Waals surface area contributed by atoms with Gasteiger partial charge >= 0.3 is 0 Å². The molecule has 4 heteroatoms. The van der Waals surface area contributed by atoms with Crippen molar-refractivity contribution in [1.29, 1.82) is 0 Å². The van der Waals surface area contributed by atoms with E-state index < -0.39 is 9.84 Å². The highest BCUT2D eigenvalue weighted by molar-refractivity contribution is 7.92. The molecule has 1 N–H and O–H groups in total. The van der Waals surface area contributed by atoms with E-state index in [-0.39, 0.29) is 17.2 Å². The van der Waals surface area contributed by atoms with Crippen LogP contribution in [0.25, 0.3) is 0 Å². The van der Waals surface area contributed by atoms with Gasteiger partial charge in [0.1, 0.15) is 0 Å². The second-order valence-corrected chi connectivity index (χ2v) is 8.23. The third kappa shape index (κ3) is 2.29. The largest absolute Gasteiger partial charge is 0.310 e. The lowest BCUT2D eigenvalue weighted by molar-refractivity contribution is 0.357. The van der Waals surface area contributed by atoms with Crippen LogP contribution in [0.3, 0.4) is 0 Å². The zero-order valence-electron chi connectivity index (χ0n) is 13.0. The molecule has 3 unspecified atom stereocenters. The Labute approximate surface area is 122 Å². The van der Waals surface area contributed by atoms with E-state index in [0.717, 1.165) is 29.7 Å². The van der Waals surface area contributed by atoms with Crippen LogP contribution in [0.5, 0.6) is 0 Å². The summed E-state index contributed by atoms with van der Waals surface area (Å²) >= 11 is 0. The summed E-state index contributed by atoms with van der Waals surface area (Å²) in [5.41, 5.74) is 2.93. The number of nitrogens with one attached hydrogen (secondary N) is 1. The Morgan fingerprint density at radius 2 is 1.75 bits per heavy atom. The molecule has 1 heterocycles. The van der Waals surface area contributed by atoms with Crippen molar-refractivity contribution in [3.63, 3.8) is 0 Å². The first kappa shape index (κ1) is 15.5. The van der Waals surface area contributed by atoms with Crippen molar-refractivity contribution in [2.45, 2.75) is 57.2 Å². The van der Waals surface area contributed by atoms with Crippen molar-refractivity contribution in [1.82, 2.24) is 5.32 Å². The van der Waals surface area contributed by atoms with Gasteiger partial charge in [-0.05, 0) is 56.3 Å². The summed E-state index contributed by atoms with van der Waals surface area (Å²) in [5, 5.41) is 3.21. The third-order valence-electron chi connectivity index (χ3n) is 4.58. The summed E-state index contributed by atoms with van der Waals surface area (Å²) in [6, 6.07) is 4.08. The Balaban J connectivity index is 2.69. The van der Waals surface area contributed by atoms with Crippen LogP contribution in [-0.2, 0) is 9.84 Å². The van der Waals surface area contributed by atoms with Crippen molar-refractivity contribution < 1.29 is 8.42 Å². The van der Waals surface area contributed by atoms with Crippen molar-refractivity contribution in [2.75, 3.05) is 6.54 Å². The van der Waals surface area contributed by atoms with Gasteiger partial charge < -0.3 is 5.32 Å². The van der Waals surface area contributed by atoms with Crippen LogP contribution in [0.4, 0.5) is 0 Å². The highest BCUT2D eigenvalue weighted by Gasteiger charge is 2.42. The fourth-order valence-corrected chi connectivity index (χ4v) is 5.37. The van der Waals surface area contributed by atoms with Gasteiger partial charge in [0.05, 0.1) is 10.1 Å². The Morgan fingerprint density at radius 1 is 1.15 bits per heavy atom. The number of sulfone groups is 1. The number of rotatable bonds is 3. The van der Waals surface area contributed by atoms with E-state index in [1.165, 1.54) is 0 Å². The molecular formula is C16H25NO2S. The van der Waals surface area contributed by atoms with E-state index in [1.807, 2.05) is 39.8 Å². The van der Waals surface area contributed by atoms with Crippen molar-refractivity contribution in [3.05, 3.63) is 28.8 Å². The van der Waals surface area contributed by atoms with Crippen LogP contribution in [-0.4, -0.2) is 20.2 Å². The molecule has 3 nitrogen and oxygen atoms in total. The van der Waals surface area contributed by atoms with Gasteiger partial charge in [-0.2, -0.15) is 0 Å². The van der Waals surface area contributed by atoms with Gasteiger partial charge in [-0.15, -0.1) is 0 Å². The van der Waals surface area contributed by atoms with Gasteiger partial charge in [0.25, 0.3) is 0 Å². The Hall–Kier alpha value is -0.870. The van der Waals surface area contributed by atoms with E-state index in [0.29, 0.717) is 4.90 Å². The van der Waals surface area contributed by atoms with Crippen LogP contribution in [0.2, 0.25) is 0 Å². The van der Waals surface area contributed by atoms with E-state index in [9.17, 15) is 8.42 Å². The summed E-state index contributed by atoms with van der Waals surface area (Å²) in [6.07, 6.45) is 1.05. The Kier molecular flexibility index (Phi) is 4.26. The summed E-state index contributed by atoms with van der Waals surface area (Å²) in [4.78, 5) is 0.566. The van der Waals surface area contributed by atoms with Crippen molar-refractivity contribution in [3.8, 4) is 0 Å². The van der Waals surface area contributed by atoms with Crippen LogP contribution < -0.4 is 5.32 Å². The molecule has 0 aromatic heterocycles. The highest BCUT2D eigenvalue weighted by atomic mass is 32.2. The maximum absolute atomic E-state index is 12.8. The van der Waals surface area contributed by atoms with Gasteiger partial charge in [-0.3, -0.25) is 0 Å². The van der Waals surface area contributed by atoms with Crippen LogP contribution in [0, 0.1) is 19.8 Å². The number of aryl methyl sites for hydroxylation is 2. The number of benzene rings is 1. The highest BCUT2D eigenvalue weighted by Crippen LogP contribution is 2.43. The van der Waals surface area contributed by atoms with E-state index in [4.69, 9.17) is 0 Å². The average Bonchev–Trinajstić information content (AvgIpc) is 2.39. The molecule has 0 saturated carbocycles. The van der Waals surface area contributed by atoms with Gasteiger partial charge in [0.2, 0.25) is 0 Å². The van der Waals surface area contributed by atoms with Gasteiger partial charge in [0.15, 0.2) is 9.84 Å². The number of hydrogen-bond acceptors (Lipinski definition) is 3. The molecule has 0 fully saturated rings. The molecule has 0 saturated heterocycles. The lowest BCUT2D eigenvalue weighted by atomic mass is 9.87. The maximum Gasteiger partial charge on any atom is 0.181 e. The number of hydrogen-bond donors (Lipinski definition) is 1. The molecule has 112 valence electrons. The molecule has 0 aliphatic carbocycles. The molecule has 1 aromatic rings. The predicted molar refractivity (Wildman–Crippen MR) is 82.8 cm³/mol. The Morgan fingerprint density at radius 3 is 2.35 bits per heavy atom. The predicted octanol–water partition coefficient (Wildman–Crippen LogP) is 3.16. The third-order valence-corrected chi connectivity index (χ3v) is 7.10. The van der Waals surface area contributed by atoms with Crippen LogP contribution in [0.1, 0.15) is 49.9 Å². The molecule has 3 atom stereocenters. The first-order valence-electron chi connectivity index (χ1n) is 7.39. The quantitative estimate of drug-likeness (QED) is 0.931. The second kappa shape index (κ2) is 5.49. The van der Waals surface area contributed by atoms with Gasteiger partial charge in [-0.1, -0.05) is 26.0 Å². The molecular weight excluding hydrogens is 270 g/mol. The fraction of sp³-hybridized carbons (Fsp3) is 0.625. The molecule has 0 amide bonds. The molecule has 1 aliphatic heterocycles. The average molecular weight is 295 g/mol. The zero-order valence-corrected chi connectivity index (χ0v) is 13.8. The zero-order chi connectivity index (χ0) is 15.1. The molecule has 2 rings (SSSR count). The lowest BCUT2D eigenvalue weighted by Gasteiger charge is -2.38. The standard InChI is InChI=1S/C16H25NO2S/c1-6-9-17-15-12(4)13(5)20(18,19)16-11(3)8-7-10(2)14(15)16/h7-8,12-13,15,17H,6,9H2,1-5H3. The van der Waals surface area contributed by atoms with Gasteiger partial charge in [0, 0.05) is 6.04 Å². The molecule has 0 spiro atoms. The molecule has 0 bridgehead atoms. The summed E-state index contributed by atoms with van der Waals surface area (Å²) in [5.74, 6) is 0.0829. The fourth-order valence-electron chi connectivity index (χ4n) is 3.16. The SMILES string of the molecule is CCCNC1c2c(C)ccc(C)c2S(=O)(=O)C(C)C1C. The summed E-state index contributed by atoms with van der Waals surface area (Å²) in [6.45, 7) is 10.8. The molecule has 20 heavy (non-hydrogen) atoms. The number of fused-ring (bicyclic) bond motifs is 1. The van der Waals surface area contributed by atoms with E-state index in [2.05, 4.69) is 12.2 Å². The van der Waals surface area contributed by atoms with E-state index >= 15 is 0 Å². The van der Waals surface area contributed by atoms with Crippen LogP contribution in [0.15, 0.2) is 17.0 Å². The molecule has 1 aromatic carbocycles. The summed E-state index contributed by atoms with van der Waals surface area (Å²) < 4.78 is 25.6. The van der Waals surface area contributed by atoms with Gasteiger partial charge in [-0.25, -0.2) is 8.42 Å².